The lowest BCUT2D eigenvalue weighted by Crippen LogP contribution is -1.80. The van der Waals surface area contributed by atoms with Gasteiger partial charge in [-0.05, 0) is 29.1 Å². The summed E-state index contributed by atoms with van der Waals surface area (Å²) in [7, 11) is 0. The smallest absolute Gasteiger partial charge is 0.141 e. The fourth-order valence-electron chi connectivity index (χ4n) is 1.23. The molecule has 0 amide bonds. The molecule has 1 aromatic heterocycles. The maximum absolute atomic E-state index is 13.4. The minimum Gasteiger partial charge on any atom is -0.205 e. The van der Waals surface area contributed by atoms with Crippen LogP contribution in [-0.2, 0) is 5.33 Å². The molecule has 0 aliphatic carbocycles. The average Bonchev–Trinajstić information content (AvgIpc) is 2.46. The highest BCUT2D eigenvalue weighted by Crippen LogP contribution is 2.31. The van der Waals surface area contributed by atoms with Crippen molar-refractivity contribution in [1.82, 2.24) is 0 Å². The summed E-state index contributed by atoms with van der Waals surface area (Å²) in [5.74, 6) is -0.155. The average molecular weight is 277 g/mol. The summed E-state index contributed by atoms with van der Waals surface area (Å²) >= 11 is 8.87. The van der Waals surface area contributed by atoms with Crippen LogP contribution in [0, 0.1) is 5.82 Å². The molecule has 0 fully saturated rings. The molecule has 0 nitrogen and oxygen atoms in total. The summed E-state index contributed by atoms with van der Waals surface area (Å²) in [5, 5.41) is 1.61. The molecule has 0 saturated carbocycles. The SMILES string of the molecule is Fc1cc(CBr)cc2cc(S)sc12. The molecule has 0 aliphatic heterocycles. The van der Waals surface area contributed by atoms with Gasteiger partial charge in [-0.15, -0.1) is 24.0 Å². The molecule has 0 aliphatic rings. The second-order valence-corrected chi connectivity index (χ2v) is 5.11. The quantitative estimate of drug-likeness (QED) is 0.585. The molecule has 13 heavy (non-hydrogen) atoms. The standard InChI is InChI=1S/C9H6BrFS2/c10-4-5-1-6-3-8(12)13-9(6)7(11)2-5/h1-3,12H,4H2. The Kier molecular flexibility index (Phi) is 2.62. The molecule has 2 rings (SSSR count). The summed E-state index contributed by atoms with van der Waals surface area (Å²) in [6.07, 6.45) is 0. The molecule has 1 aromatic carbocycles. The largest absolute Gasteiger partial charge is 0.205 e. The summed E-state index contributed by atoms with van der Waals surface area (Å²) in [4.78, 5) is 0. The van der Waals surface area contributed by atoms with Gasteiger partial charge in [-0.2, -0.15) is 0 Å². The van der Waals surface area contributed by atoms with Gasteiger partial charge in [0.25, 0.3) is 0 Å². The van der Waals surface area contributed by atoms with E-state index < -0.39 is 0 Å². The Bertz CT molecular complexity index is 450. The van der Waals surface area contributed by atoms with E-state index in [1.807, 2.05) is 12.1 Å². The van der Waals surface area contributed by atoms with Crippen molar-refractivity contribution >= 4 is 50.0 Å². The lowest BCUT2D eigenvalue weighted by Gasteiger charge is -1.96. The van der Waals surface area contributed by atoms with Crippen molar-refractivity contribution in [2.24, 2.45) is 0 Å². The number of alkyl halides is 1. The van der Waals surface area contributed by atoms with Gasteiger partial charge < -0.3 is 0 Å². The summed E-state index contributed by atoms with van der Waals surface area (Å²) < 4.78 is 14.9. The Morgan fingerprint density at radius 3 is 2.85 bits per heavy atom. The van der Waals surface area contributed by atoms with Crippen molar-refractivity contribution < 1.29 is 4.39 Å². The highest BCUT2D eigenvalue weighted by Gasteiger charge is 2.06. The first-order valence-corrected chi connectivity index (χ1v) is 6.06. The molecule has 0 N–H and O–H groups in total. The van der Waals surface area contributed by atoms with E-state index in [0.29, 0.717) is 10.0 Å². The van der Waals surface area contributed by atoms with E-state index >= 15 is 0 Å². The summed E-state index contributed by atoms with van der Waals surface area (Å²) in [6.45, 7) is 0. The molecular formula is C9H6BrFS2. The van der Waals surface area contributed by atoms with Gasteiger partial charge in [0.1, 0.15) is 5.82 Å². The van der Waals surface area contributed by atoms with Crippen molar-refractivity contribution in [3.8, 4) is 0 Å². The van der Waals surface area contributed by atoms with Crippen molar-refractivity contribution in [1.29, 1.82) is 0 Å². The molecule has 0 atom stereocenters. The van der Waals surface area contributed by atoms with E-state index in [1.165, 1.54) is 11.3 Å². The first-order valence-electron chi connectivity index (χ1n) is 3.67. The fraction of sp³-hybridized carbons (Fsp3) is 0.111. The molecule has 68 valence electrons. The Labute approximate surface area is 93.3 Å². The number of thiol groups is 1. The topological polar surface area (TPSA) is 0 Å². The molecule has 0 unspecified atom stereocenters. The zero-order chi connectivity index (χ0) is 9.42. The van der Waals surface area contributed by atoms with Crippen LogP contribution in [0.25, 0.3) is 10.1 Å². The molecule has 0 spiro atoms. The maximum Gasteiger partial charge on any atom is 0.141 e. The monoisotopic (exact) mass is 276 g/mol. The fourth-order valence-corrected chi connectivity index (χ4v) is 2.76. The van der Waals surface area contributed by atoms with Crippen molar-refractivity contribution in [3.63, 3.8) is 0 Å². The number of fused-ring (bicyclic) bond motifs is 1. The van der Waals surface area contributed by atoms with Crippen molar-refractivity contribution in [3.05, 3.63) is 29.6 Å². The molecular weight excluding hydrogens is 271 g/mol. The minimum atomic E-state index is -0.155. The first kappa shape index (κ1) is 9.49. The van der Waals surface area contributed by atoms with Crippen molar-refractivity contribution in [2.75, 3.05) is 0 Å². The van der Waals surface area contributed by atoms with Crippen molar-refractivity contribution in [2.45, 2.75) is 9.54 Å². The number of hydrogen-bond acceptors (Lipinski definition) is 2. The Morgan fingerprint density at radius 1 is 1.38 bits per heavy atom. The van der Waals surface area contributed by atoms with E-state index in [-0.39, 0.29) is 5.82 Å². The number of halogens is 2. The highest BCUT2D eigenvalue weighted by molar-refractivity contribution is 9.08. The van der Waals surface area contributed by atoms with Crippen LogP contribution in [-0.4, -0.2) is 0 Å². The molecule has 0 bridgehead atoms. The maximum atomic E-state index is 13.4. The van der Waals surface area contributed by atoms with Crippen LogP contribution in [0.5, 0.6) is 0 Å². The number of rotatable bonds is 1. The minimum absolute atomic E-state index is 0.155. The van der Waals surface area contributed by atoms with Crippen LogP contribution < -0.4 is 0 Å². The zero-order valence-electron chi connectivity index (χ0n) is 6.55. The van der Waals surface area contributed by atoms with Gasteiger partial charge in [0.05, 0.1) is 8.91 Å². The molecule has 1 heterocycles. The highest BCUT2D eigenvalue weighted by atomic mass is 79.9. The molecule has 4 heteroatoms. The Hall–Kier alpha value is -0.0600. The van der Waals surface area contributed by atoms with Crippen LogP contribution >= 0.6 is 39.9 Å². The van der Waals surface area contributed by atoms with E-state index in [4.69, 9.17) is 0 Å². The predicted molar refractivity (Wildman–Crippen MR) is 61.7 cm³/mol. The lowest BCUT2D eigenvalue weighted by atomic mass is 10.2. The van der Waals surface area contributed by atoms with Crippen LogP contribution in [0.2, 0.25) is 0 Å². The van der Waals surface area contributed by atoms with Gasteiger partial charge in [-0.1, -0.05) is 15.9 Å². The molecule has 0 radical (unpaired) electrons. The van der Waals surface area contributed by atoms with Gasteiger partial charge in [-0.25, -0.2) is 4.39 Å². The van der Waals surface area contributed by atoms with E-state index in [9.17, 15) is 4.39 Å². The predicted octanol–water partition coefficient (Wildman–Crippen LogP) is 4.22. The van der Waals surface area contributed by atoms with Gasteiger partial charge >= 0.3 is 0 Å². The van der Waals surface area contributed by atoms with Gasteiger partial charge in [0.2, 0.25) is 0 Å². The Balaban J connectivity index is 2.75. The third-order valence-corrected chi connectivity index (χ3v) is 3.78. The number of thiophene rings is 1. The van der Waals surface area contributed by atoms with Crippen LogP contribution in [0.4, 0.5) is 4.39 Å². The second-order valence-electron chi connectivity index (χ2n) is 2.71. The summed E-state index contributed by atoms with van der Waals surface area (Å²) in [6, 6.07) is 5.42. The third-order valence-electron chi connectivity index (χ3n) is 1.77. The molecule has 2 aromatic rings. The van der Waals surface area contributed by atoms with E-state index in [2.05, 4.69) is 28.6 Å². The number of benzene rings is 1. The third kappa shape index (κ3) is 1.75. The van der Waals surface area contributed by atoms with Gasteiger partial charge in [0.15, 0.2) is 0 Å². The van der Waals surface area contributed by atoms with Gasteiger partial charge in [0, 0.05) is 5.33 Å². The zero-order valence-corrected chi connectivity index (χ0v) is 9.85. The number of hydrogen-bond donors (Lipinski definition) is 1. The normalized spacial score (nSPS) is 11.0. The first-order chi connectivity index (χ1) is 6.20. The second kappa shape index (κ2) is 3.59. The van der Waals surface area contributed by atoms with Crippen LogP contribution in [0.1, 0.15) is 5.56 Å². The molecule has 0 saturated heterocycles. The Morgan fingerprint density at radius 2 is 2.15 bits per heavy atom. The summed E-state index contributed by atoms with van der Waals surface area (Å²) in [5.41, 5.74) is 0.955. The van der Waals surface area contributed by atoms with Crippen LogP contribution in [0.15, 0.2) is 22.4 Å². The van der Waals surface area contributed by atoms with Crippen LogP contribution in [0.3, 0.4) is 0 Å². The van der Waals surface area contributed by atoms with E-state index in [0.717, 1.165) is 15.2 Å². The lowest BCUT2D eigenvalue weighted by molar-refractivity contribution is 0.640. The van der Waals surface area contributed by atoms with E-state index in [1.54, 1.807) is 6.07 Å². The van der Waals surface area contributed by atoms with Gasteiger partial charge in [-0.3, -0.25) is 0 Å².